The van der Waals surface area contributed by atoms with Gasteiger partial charge < -0.3 is 41.4 Å². The Morgan fingerprint density at radius 1 is 0.607 bits per heavy atom. The quantitative estimate of drug-likeness (QED) is 0.321. The Labute approximate surface area is 166 Å². The van der Waals surface area contributed by atoms with E-state index in [-0.39, 0.29) is 0 Å². The first-order valence-corrected chi connectivity index (χ1v) is 8.10. The van der Waals surface area contributed by atoms with Gasteiger partial charge in [-0.1, -0.05) is 0 Å². The number of carbonyl (C=O) groups is 4. The van der Waals surface area contributed by atoms with E-state index >= 15 is 0 Å². The van der Waals surface area contributed by atoms with E-state index in [2.05, 4.69) is 0 Å². The normalized spacial score (nSPS) is 7.43. The zero-order valence-corrected chi connectivity index (χ0v) is 17.6. The monoisotopic (exact) mass is 418 g/mol. The Balaban J connectivity index is -0.0000000536. The van der Waals surface area contributed by atoms with Crippen LogP contribution < -0.4 is 11.5 Å². The lowest BCUT2D eigenvalue weighted by Gasteiger charge is -1.99. The van der Waals surface area contributed by atoms with Gasteiger partial charge in [0.25, 0.3) is 23.9 Å². The third kappa shape index (κ3) is 885. The van der Waals surface area contributed by atoms with Crippen molar-refractivity contribution in [2.24, 2.45) is 11.5 Å². The first-order chi connectivity index (χ1) is 12.8. The highest BCUT2D eigenvalue weighted by atomic mass is 16.5. The molecule has 8 N–H and O–H groups in total. The smallest absolute Gasteiger partial charge is 0.300 e. The first-order valence-electron chi connectivity index (χ1n) is 8.10. The summed E-state index contributed by atoms with van der Waals surface area (Å²) < 4.78 is 10.0. The highest BCUT2D eigenvalue weighted by Gasteiger charge is 1.81. The molecule has 0 spiro atoms. The van der Waals surface area contributed by atoms with Gasteiger partial charge in [0.05, 0.1) is 13.2 Å². The second-order valence-corrected chi connectivity index (χ2v) is 4.05. The summed E-state index contributed by atoms with van der Waals surface area (Å²) in [7, 11) is 0. The van der Waals surface area contributed by atoms with Crippen molar-refractivity contribution in [1.82, 2.24) is 0 Å². The molecule has 0 radical (unpaired) electrons. The van der Waals surface area contributed by atoms with Gasteiger partial charge in [-0.3, -0.25) is 19.2 Å². The van der Waals surface area contributed by atoms with Crippen LogP contribution in [0, 0.1) is 0 Å². The standard InChI is InChI=1S/C6H14O2.C2H8N2.4C2H4O2/c1-3-7-5-6-8-4-2;3-1-2-4;4*1-2(3)4/h3-6H2,1-2H3;1-4H2;4*1H3,(H,3,4). The second-order valence-electron chi connectivity index (χ2n) is 4.05. The molecule has 0 saturated carbocycles. The lowest BCUT2D eigenvalue weighted by atomic mass is 10.7. The van der Waals surface area contributed by atoms with E-state index in [0.29, 0.717) is 13.1 Å². The minimum atomic E-state index is -0.833. The van der Waals surface area contributed by atoms with Crippen LogP contribution in [0.1, 0.15) is 41.5 Å². The van der Waals surface area contributed by atoms with Crippen molar-refractivity contribution in [3.63, 3.8) is 0 Å². The molecule has 0 rings (SSSR count). The molecule has 0 atom stereocenters. The van der Waals surface area contributed by atoms with Gasteiger partial charge in [0.15, 0.2) is 0 Å². The number of hydrogen-bond acceptors (Lipinski definition) is 8. The summed E-state index contributed by atoms with van der Waals surface area (Å²) in [5, 5.41) is 29.7. The maximum Gasteiger partial charge on any atom is 0.300 e. The molecule has 12 heteroatoms. The van der Waals surface area contributed by atoms with Gasteiger partial charge in [0, 0.05) is 54.0 Å². The molecule has 12 nitrogen and oxygen atoms in total. The lowest BCUT2D eigenvalue weighted by molar-refractivity contribution is -0.135. The number of ether oxygens (including phenoxy) is 2. The van der Waals surface area contributed by atoms with Crippen LogP contribution in [0.3, 0.4) is 0 Å². The van der Waals surface area contributed by atoms with Crippen LogP contribution in [-0.2, 0) is 28.7 Å². The van der Waals surface area contributed by atoms with Crippen LogP contribution in [0.4, 0.5) is 0 Å². The third-order valence-corrected chi connectivity index (χ3v) is 0.947. The zero-order chi connectivity index (χ0) is 24.0. The molecule has 28 heavy (non-hydrogen) atoms. The van der Waals surface area contributed by atoms with Crippen LogP contribution in [0.5, 0.6) is 0 Å². The Kier molecular flexibility index (Phi) is 63.9. The molecule has 0 aromatic heterocycles. The van der Waals surface area contributed by atoms with Crippen LogP contribution in [0.25, 0.3) is 0 Å². The first kappa shape index (κ1) is 40.4. The van der Waals surface area contributed by atoms with E-state index < -0.39 is 23.9 Å². The van der Waals surface area contributed by atoms with Crippen LogP contribution in [0.2, 0.25) is 0 Å². The average Bonchev–Trinajstić information content (AvgIpc) is 2.50. The summed E-state index contributed by atoms with van der Waals surface area (Å²) in [5.74, 6) is -3.33. The van der Waals surface area contributed by atoms with Crippen LogP contribution in [0.15, 0.2) is 0 Å². The van der Waals surface area contributed by atoms with Crippen molar-refractivity contribution in [3.05, 3.63) is 0 Å². The van der Waals surface area contributed by atoms with E-state index in [1.165, 1.54) is 0 Å². The highest BCUT2D eigenvalue weighted by molar-refractivity contribution is 5.63. The number of aliphatic carboxylic acids is 4. The van der Waals surface area contributed by atoms with Crippen molar-refractivity contribution in [1.29, 1.82) is 0 Å². The molecule has 0 heterocycles. The average molecular weight is 418 g/mol. The molecule has 0 fully saturated rings. The van der Waals surface area contributed by atoms with E-state index in [9.17, 15) is 0 Å². The van der Waals surface area contributed by atoms with E-state index in [1.807, 2.05) is 13.8 Å². The minimum absolute atomic E-state index is 0.597. The fourth-order valence-electron chi connectivity index (χ4n) is 0.407. The fraction of sp³-hybridized carbons (Fsp3) is 0.750. The predicted molar refractivity (Wildman–Crippen MR) is 104 cm³/mol. The van der Waals surface area contributed by atoms with Crippen molar-refractivity contribution >= 4 is 23.9 Å². The lowest BCUT2D eigenvalue weighted by Crippen LogP contribution is -2.11. The Morgan fingerprint density at radius 2 is 0.750 bits per heavy atom. The van der Waals surface area contributed by atoms with Crippen LogP contribution in [-0.4, -0.2) is 83.8 Å². The number of nitrogens with two attached hydrogens (primary N) is 2. The molecule has 0 aliphatic heterocycles. The highest BCUT2D eigenvalue weighted by Crippen LogP contribution is 1.75. The molecule has 0 amide bonds. The molecule has 0 saturated heterocycles. The zero-order valence-electron chi connectivity index (χ0n) is 17.6. The third-order valence-electron chi connectivity index (χ3n) is 0.947. The van der Waals surface area contributed by atoms with Gasteiger partial charge in [0.2, 0.25) is 0 Å². The minimum Gasteiger partial charge on any atom is -0.481 e. The summed E-state index contributed by atoms with van der Waals surface area (Å²) in [4.78, 5) is 36.0. The number of rotatable bonds is 6. The summed E-state index contributed by atoms with van der Waals surface area (Å²) in [6.45, 7) is 12.5. The van der Waals surface area contributed by atoms with Gasteiger partial charge >= 0.3 is 0 Å². The molecule has 0 bridgehead atoms. The summed E-state index contributed by atoms with van der Waals surface area (Å²) in [6.07, 6.45) is 0. The summed E-state index contributed by atoms with van der Waals surface area (Å²) >= 11 is 0. The van der Waals surface area contributed by atoms with Crippen LogP contribution >= 0.6 is 0 Å². The van der Waals surface area contributed by atoms with E-state index in [4.69, 9.17) is 60.5 Å². The largest absolute Gasteiger partial charge is 0.481 e. The van der Waals surface area contributed by atoms with Gasteiger partial charge in [-0.2, -0.15) is 0 Å². The van der Waals surface area contributed by atoms with Gasteiger partial charge in [-0.15, -0.1) is 0 Å². The number of hydrogen-bond donors (Lipinski definition) is 6. The molecule has 0 aromatic rings. The summed E-state index contributed by atoms with van der Waals surface area (Å²) in [6, 6.07) is 0. The van der Waals surface area contributed by atoms with E-state index in [1.54, 1.807) is 0 Å². The molecule has 172 valence electrons. The van der Waals surface area contributed by atoms with Crippen molar-refractivity contribution < 1.29 is 49.1 Å². The Bertz CT molecular complexity index is 267. The van der Waals surface area contributed by atoms with Gasteiger partial charge in [-0.25, -0.2) is 0 Å². The molecule has 0 unspecified atom stereocenters. The maximum atomic E-state index is 9.00. The molecule has 0 aliphatic carbocycles. The van der Waals surface area contributed by atoms with Crippen molar-refractivity contribution in [2.75, 3.05) is 39.5 Å². The SMILES string of the molecule is CC(=O)O.CC(=O)O.CC(=O)O.CC(=O)O.CCOCCOCC.NCCN. The number of carboxylic acid groups (broad SMARTS) is 4. The number of carboxylic acids is 4. The molecular formula is C16H38N2O10. The maximum absolute atomic E-state index is 9.00. The van der Waals surface area contributed by atoms with E-state index in [0.717, 1.165) is 54.1 Å². The van der Waals surface area contributed by atoms with Gasteiger partial charge in [0.1, 0.15) is 0 Å². The Hall–Kier alpha value is -2.28. The van der Waals surface area contributed by atoms with Crippen molar-refractivity contribution in [2.45, 2.75) is 41.5 Å². The topological polar surface area (TPSA) is 220 Å². The van der Waals surface area contributed by atoms with Crippen molar-refractivity contribution in [3.8, 4) is 0 Å². The second kappa shape index (κ2) is 44.3. The molecular weight excluding hydrogens is 380 g/mol. The predicted octanol–water partition coefficient (Wildman–Crippen LogP) is 0.327. The van der Waals surface area contributed by atoms with Gasteiger partial charge in [-0.05, 0) is 13.8 Å². The Morgan fingerprint density at radius 3 is 0.821 bits per heavy atom. The fourth-order valence-corrected chi connectivity index (χ4v) is 0.407. The summed E-state index contributed by atoms with van der Waals surface area (Å²) in [5.41, 5.74) is 9.81. The molecule has 0 aromatic carbocycles. The molecule has 0 aliphatic rings.